The number of benzene rings is 2. The molecule has 122 valence electrons. The fourth-order valence-electron chi connectivity index (χ4n) is 2.41. The Morgan fingerprint density at radius 2 is 1.88 bits per heavy atom. The van der Waals surface area contributed by atoms with E-state index >= 15 is 0 Å². The lowest BCUT2D eigenvalue weighted by molar-refractivity contribution is 0.191. The largest absolute Gasteiger partial charge is 0.387 e. The van der Waals surface area contributed by atoms with Gasteiger partial charge in [-0.15, -0.1) is 0 Å². The Morgan fingerprint density at radius 1 is 1.08 bits per heavy atom. The third kappa shape index (κ3) is 3.91. The van der Waals surface area contributed by atoms with Crippen LogP contribution in [0.15, 0.2) is 60.9 Å². The van der Waals surface area contributed by atoms with Gasteiger partial charge in [0.2, 0.25) is 0 Å². The summed E-state index contributed by atoms with van der Waals surface area (Å²) >= 11 is 6.07. The van der Waals surface area contributed by atoms with Crippen LogP contribution in [0.2, 0.25) is 5.02 Å². The van der Waals surface area contributed by atoms with Gasteiger partial charge < -0.3 is 10.4 Å². The molecule has 4 nitrogen and oxygen atoms in total. The second kappa shape index (κ2) is 7.43. The number of nitrogens with zero attached hydrogens (tertiary/aromatic N) is 2. The highest BCUT2D eigenvalue weighted by Gasteiger charge is 2.08. The molecule has 0 fully saturated rings. The number of aliphatic hydroxyl groups is 1. The van der Waals surface area contributed by atoms with E-state index in [2.05, 4.69) is 15.3 Å². The monoisotopic (exact) mass is 339 g/mol. The number of aromatic nitrogens is 2. The van der Waals surface area contributed by atoms with Gasteiger partial charge in [0, 0.05) is 23.2 Å². The molecule has 1 aromatic heterocycles. The van der Waals surface area contributed by atoms with E-state index in [-0.39, 0.29) is 0 Å². The minimum Gasteiger partial charge on any atom is -0.387 e. The van der Waals surface area contributed by atoms with Crippen LogP contribution in [0.3, 0.4) is 0 Å². The highest BCUT2D eigenvalue weighted by molar-refractivity contribution is 6.31. The normalized spacial score (nSPS) is 12.0. The summed E-state index contributed by atoms with van der Waals surface area (Å²) in [7, 11) is 0. The fraction of sp³-hybridized carbons (Fsp3) is 0.158. The summed E-state index contributed by atoms with van der Waals surface area (Å²) in [6.45, 7) is 2.34. The second-order valence-electron chi connectivity index (χ2n) is 5.56. The summed E-state index contributed by atoms with van der Waals surface area (Å²) in [5.74, 6) is 0.669. The molecule has 0 radical (unpaired) electrons. The predicted octanol–water partition coefficient (Wildman–Crippen LogP) is 4.25. The molecule has 2 N–H and O–H groups in total. The van der Waals surface area contributed by atoms with Crippen molar-refractivity contribution in [1.29, 1.82) is 0 Å². The third-order valence-corrected chi connectivity index (χ3v) is 4.21. The zero-order valence-corrected chi connectivity index (χ0v) is 14.0. The molecule has 1 atom stereocenters. The van der Waals surface area contributed by atoms with Crippen molar-refractivity contribution in [1.82, 2.24) is 9.97 Å². The first-order valence-electron chi connectivity index (χ1n) is 7.69. The molecule has 0 aliphatic rings. The number of anilines is 1. The highest BCUT2D eigenvalue weighted by Crippen LogP contribution is 2.24. The van der Waals surface area contributed by atoms with Crippen LogP contribution in [-0.4, -0.2) is 21.6 Å². The summed E-state index contributed by atoms with van der Waals surface area (Å²) in [6.07, 6.45) is 0.915. The minimum atomic E-state index is -0.595. The first-order valence-corrected chi connectivity index (χ1v) is 8.07. The molecule has 0 bridgehead atoms. The summed E-state index contributed by atoms with van der Waals surface area (Å²) in [4.78, 5) is 8.52. The first-order chi connectivity index (χ1) is 11.6. The first kappa shape index (κ1) is 16.4. The molecule has 0 aliphatic heterocycles. The maximum atomic E-state index is 10.2. The molecule has 2 aromatic carbocycles. The average Bonchev–Trinajstić information content (AvgIpc) is 2.63. The summed E-state index contributed by atoms with van der Waals surface area (Å²) in [5, 5.41) is 14.1. The number of aryl methyl sites for hydroxylation is 1. The van der Waals surface area contributed by atoms with E-state index in [4.69, 9.17) is 11.6 Å². The van der Waals surface area contributed by atoms with Gasteiger partial charge in [0.15, 0.2) is 0 Å². The molecule has 1 unspecified atom stereocenters. The SMILES string of the molecule is Cc1cc(-c2cc(NCC(O)c3ccccc3)ncn2)ccc1Cl. The maximum Gasteiger partial charge on any atom is 0.130 e. The number of nitrogens with one attached hydrogen (secondary N) is 1. The second-order valence-corrected chi connectivity index (χ2v) is 5.97. The Labute approximate surface area is 146 Å². The fourth-order valence-corrected chi connectivity index (χ4v) is 2.53. The molecule has 24 heavy (non-hydrogen) atoms. The molecule has 1 heterocycles. The molecule has 0 amide bonds. The Bertz CT molecular complexity index is 824. The van der Waals surface area contributed by atoms with Crippen LogP contribution < -0.4 is 5.32 Å². The smallest absolute Gasteiger partial charge is 0.130 e. The van der Waals surface area contributed by atoms with E-state index in [0.717, 1.165) is 27.4 Å². The van der Waals surface area contributed by atoms with Crippen molar-refractivity contribution in [3.63, 3.8) is 0 Å². The molecule has 0 saturated carbocycles. The molecule has 0 aliphatic carbocycles. The van der Waals surface area contributed by atoms with Crippen molar-refractivity contribution < 1.29 is 5.11 Å². The maximum absolute atomic E-state index is 10.2. The minimum absolute atomic E-state index is 0.375. The Hall–Kier alpha value is -2.43. The van der Waals surface area contributed by atoms with Crippen LogP contribution in [0.1, 0.15) is 17.2 Å². The van der Waals surface area contributed by atoms with Crippen molar-refractivity contribution in [2.24, 2.45) is 0 Å². The van der Waals surface area contributed by atoms with Gasteiger partial charge >= 0.3 is 0 Å². The number of hydrogen-bond acceptors (Lipinski definition) is 4. The lowest BCUT2D eigenvalue weighted by Crippen LogP contribution is -2.13. The van der Waals surface area contributed by atoms with Crippen LogP contribution in [-0.2, 0) is 0 Å². The molecule has 5 heteroatoms. The quantitative estimate of drug-likeness (QED) is 0.729. The van der Waals surface area contributed by atoms with Gasteiger partial charge in [-0.25, -0.2) is 9.97 Å². The Balaban J connectivity index is 1.72. The van der Waals surface area contributed by atoms with Gasteiger partial charge in [0.25, 0.3) is 0 Å². The van der Waals surface area contributed by atoms with Crippen molar-refractivity contribution in [2.75, 3.05) is 11.9 Å². The molecule has 0 spiro atoms. The van der Waals surface area contributed by atoms with Gasteiger partial charge in [-0.1, -0.05) is 48.0 Å². The standard InChI is InChI=1S/C19H18ClN3O/c1-13-9-15(7-8-16(13)20)17-10-19(23-12-22-17)21-11-18(24)14-5-3-2-4-6-14/h2-10,12,18,24H,11H2,1H3,(H,21,22,23). The molecule has 0 saturated heterocycles. The number of rotatable bonds is 5. The zero-order valence-electron chi connectivity index (χ0n) is 13.3. The molecule has 3 aromatic rings. The van der Waals surface area contributed by atoms with Crippen LogP contribution in [0, 0.1) is 6.92 Å². The Kier molecular flexibility index (Phi) is 5.08. The van der Waals surface area contributed by atoms with Crippen molar-refractivity contribution in [2.45, 2.75) is 13.0 Å². The Morgan fingerprint density at radius 3 is 2.62 bits per heavy atom. The number of hydrogen-bond donors (Lipinski definition) is 2. The molecule has 3 rings (SSSR count). The van der Waals surface area contributed by atoms with Crippen LogP contribution in [0.5, 0.6) is 0 Å². The van der Waals surface area contributed by atoms with Gasteiger partial charge in [0.05, 0.1) is 11.8 Å². The van der Waals surface area contributed by atoms with Crippen LogP contribution in [0.4, 0.5) is 5.82 Å². The lowest BCUT2D eigenvalue weighted by atomic mass is 10.1. The van der Waals surface area contributed by atoms with Crippen LogP contribution in [0.25, 0.3) is 11.3 Å². The van der Waals surface area contributed by atoms with E-state index in [1.54, 1.807) is 0 Å². The molecular weight excluding hydrogens is 322 g/mol. The summed E-state index contributed by atoms with van der Waals surface area (Å²) in [5.41, 5.74) is 3.65. The zero-order chi connectivity index (χ0) is 16.9. The van der Waals surface area contributed by atoms with Crippen molar-refractivity contribution >= 4 is 17.4 Å². The van der Waals surface area contributed by atoms with Crippen LogP contribution >= 0.6 is 11.6 Å². The van der Waals surface area contributed by atoms with Gasteiger partial charge in [-0.3, -0.25) is 0 Å². The van der Waals surface area contributed by atoms with E-state index in [1.807, 2.05) is 61.5 Å². The summed E-state index contributed by atoms with van der Waals surface area (Å²) in [6, 6.07) is 17.2. The summed E-state index contributed by atoms with van der Waals surface area (Å²) < 4.78 is 0. The van der Waals surface area contributed by atoms with Crippen molar-refractivity contribution in [3.05, 3.63) is 77.1 Å². The van der Waals surface area contributed by atoms with E-state index in [9.17, 15) is 5.11 Å². The number of aliphatic hydroxyl groups excluding tert-OH is 1. The highest BCUT2D eigenvalue weighted by atomic mass is 35.5. The lowest BCUT2D eigenvalue weighted by Gasteiger charge is -2.13. The van der Waals surface area contributed by atoms with Gasteiger partial charge in [0.1, 0.15) is 12.1 Å². The van der Waals surface area contributed by atoms with E-state index in [1.165, 1.54) is 6.33 Å². The topological polar surface area (TPSA) is 58.0 Å². The number of halogens is 1. The predicted molar refractivity (Wildman–Crippen MR) is 97.1 cm³/mol. The third-order valence-electron chi connectivity index (χ3n) is 3.78. The van der Waals surface area contributed by atoms with Gasteiger partial charge in [-0.2, -0.15) is 0 Å². The van der Waals surface area contributed by atoms with Crippen molar-refractivity contribution in [3.8, 4) is 11.3 Å². The molecular formula is C19H18ClN3O. The van der Waals surface area contributed by atoms with Gasteiger partial charge in [-0.05, 0) is 30.2 Å². The van der Waals surface area contributed by atoms with E-state index in [0.29, 0.717) is 12.4 Å². The average molecular weight is 340 g/mol. The van der Waals surface area contributed by atoms with E-state index < -0.39 is 6.10 Å².